The van der Waals surface area contributed by atoms with Gasteiger partial charge in [-0.2, -0.15) is 0 Å². The van der Waals surface area contributed by atoms with E-state index >= 15 is 0 Å². The van der Waals surface area contributed by atoms with Gasteiger partial charge >= 0.3 is 0 Å². The molecule has 0 spiro atoms. The van der Waals surface area contributed by atoms with Crippen LogP contribution in [0, 0.1) is 0 Å². The molecule has 3 aromatic rings. The lowest BCUT2D eigenvalue weighted by Crippen LogP contribution is -1.93. The molecule has 20 heavy (non-hydrogen) atoms. The Morgan fingerprint density at radius 3 is 2.60 bits per heavy atom. The van der Waals surface area contributed by atoms with Gasteiger partial charge in [0.1, 0.15) is 11.5 Å². The van der Waals surface area contributed by atoms with Crippen molar-refractivity contribution in [1.82, 2.24) is 9.97 Å². The summed E-state index contributed by atoms with van der Waals surface area (Å²) in [5.74, 6) is 1.48. The summed E-state index contributed by atoms with van der Waals surface area (Å²) in [7, 11) is 3.27. The summed E-state index contributed by atoms with van der Waals surface area (Å²) in [6.07, 6.45) is 3.53. The minimum atomic E-state index is 0.730. The van der Waals surface area contributed by atoms with Crippen LogP contribution in [0.25, 0.3) is 22.2 Å². The first-order valence-corrected chi connectivity index (χ1v) is 6.25. The Labute approximate surface area is 117 Å². The molecular weight excluding hydrogens is 252 g/mol. The van der Waals surface area contributed by atoms with Crippen molar-refractivity contribution in [2.45, 2.75) is 0 Å². The highest BCUT2D eigenvalue weighted by Crippen LogP contribution is 2.35. The second kappa shape index (κ2) is 5.17. The summed E-state index contributed by atoms with van der Waals surface area (Å²) in [5.41, 5.74) is 2.69. The highest BCUT2D eigenvalue weighted by molar-refractivity contribution is 5.93. The van der Waals surface area contributed by atoms with E-state index < -0.39 is 0 Å². The predicted molar refractivity (Wildman–Crippen MR) is 78.1 cm³/mol. The lowest BCUT2D eigenvalue weighted by molar-refractivity contribution is 0.395. The fourth-order valence-electron chi connectivity index (χ4n) is 2.21. The van der Waals surface area contributed by atoms with Gasteiger partial charge in [0.25, 0.3) is 0 Å². The van der Waals surface area contributed by atoms with Gasteiger partial charge in [-0.3, -0.25) is 9.97 Å². The maximum Gasteiger partial charge on any atom is 0.131 e. The van der Waals surface area contributed by atoms with Gasteiger partial charge in [-0.25, -0.2) is 0 Å². The third-order valence-corrected chi connectivity index (χ3v) is 3.19. The van der Waals surface area contributed by atoms with Gasteiger partial charge in [-0.15, -0.1) is 0 Å². The van der Waals surface area contributed by atoms with Crippen molar-refractivity contribution in [1.29, 1.82) is 0 Å². The van der Waals surface area contributed by atoms with Crippen LogP contribution in [-0.4, -0.2) is 24.2 Å². The third kappa shape index (κ3) is 2.05. The lowest BCUT2D eigenvalue weighted by Gasteiger charge is -2.11. The number of fused-ring (bicyclic) bond motifs is 1. The molecule has 2 aromatic heterocycles. The van der Waals surface area contributed by atoms with E-state index in [1.54, 1.807) is 26.6 Å². The molecule has 0 saturated heterocycles. The number of pyridine rings is 2. The van der Waals surface area contributed by atoms with Crippen LogP contribution >= 0.6 is 0 Å². The SMILES string of the molecule is COc1ccc(-c2nccc3ncccc23)c(OC)c1. The van der Waals surface area contributed by atoms with Crippen LogP contribution in [-0.2, 0) is 0 Å². The number of methoxy groups -OCH3 is 2. The van der Waals surface area contributed by atoms with Crippen LogP contribution in [0.1, 0.15) is 0 Å². The first-order chi connectivity index (χ1) is 9.83. The smallest absolute Gasteiger partial charge is 0.131 e. The number of ether oxygens (including phenoxy) is 2. The van der Waals surface area contributed by atoms with E-state index in [9.17, 15) is 0 Å². The number of hydrogen-bond acceptors (Lipinski definition) is 4. The molecule has 0 aliphatic heterocycles. The number of hydrogen-bond donors (Lipinski definition) is 0. The third-order valence-electron chi connectivity index (χ3n) is 3.19. The second-order valence-electron chi connectivity index (χ2n) is 4.30. The average Bonchev–Trinajstić information content (AvgIpc) is 2.53. The number of nitrogens with zero attached hydrogens (tertiary/aromatic N) is 2. The van der Waals surface area contributed by atoms with Crippen LogP contribution in [0.15, 0.2) is 48.8 Å². The normalized spacial score (nSPS) is 10.5. The van der Waals surface area contributed by atoms with Crippen molar-refractivity contribution in [2.24, 2.45) is 0 Å². The Bertz CT molecular complexity index is 751. The van der Waals surface area contributed by atoms with E-state index in [-0.39, 0.29) is 0 Å². The molecular formula is C16H14N2O2. The van der Waals surface area contributed by atoms with Gasteiger partial charge in [0.2, 0.25) is 0 Å². The summed E-state index contributed by atoms with van der Waals surface area (Å²) in [6, 6.07) is 11.5. The molecule has 1 aromatic carbocycles. The predicted octanol–water partition coefficient (Wildman–Crippen LogP) is 3.31. The number of aromatic nitrogens is 2. The largest absolute Gasteiger partial charge is 0.497 e. The van der Waals surface area contributed by atoms with Crippen LogP contribution in [0.2, 0.25) is 0 Å². The summed E-state index contributed by atoms with van der Waals surface area (Å²) in [6.45, 7) is 0. The summed E-state index contributed by atoms with van der Waals surface area (Å²) in [5, 5.41) is 0.999. The highest BCUT2D eigenvalue weighted by atomic mass is 16.5. The maximum atomic E-state index is 5.45. The second-order valence-corrected chi connectivity index (χ2v) is 4.30. The minimum absolute atomic E-state index is 0.730. The van der Waals surface area contributed by atoms with Gasteiger partial charge in [-0.05, 0) is 30.3 Å². The molecule has 0 aliphatic carbocycles. The Kier molecular flexibility index (Phi) is 3.21. The van der Waals surface area contributed by atoms with E-state index in [4.69, 9.17) is 9.47 Å². The van der Waals surface area contributed by atoms with E-state index in [1.807, 2.05) is 36.4 Å². The van der Waals surface area contributed by atoms with E-state index in [1.165, 1.54) is 0 Å². The number of rotatable bonds is 3. The van der Waals surface area contributed by atoms with Gasteiger partial charge < -0.3 is 9.47 Å². The highest BCUT2D eigenvalue weighted by Gasteiger charge is 2.12. The molecule has 0 saturated carbocycles. The monoisotopic (exact) mass is 266 g/mol. The zero-order valence-electron chi connectivity index (χ0n) is 11.3. The quantitative estimate of drug-likeness (QED) is 0.729. The van der Waals surface area contributed by atoms with Crippen molar-refractivity contribution < 1.29 is 9.47 Å². The van der Waals surface area contributed by atoms with Crippen molar-refractivity contribution >= 4 is 10.9 Å². The zero-order chi connectivity index (χ0) is 13.9. The lowest BCUT2D eigenvalue weighted by atomic mass is 10.1. The zero-order valence-corrected chi connectivity index (χ0v) is 11.3. The molecule has 100 valence electrons. The van der Waals surface area contributed by atoms with E-state index in [0.717, 1.165) is 33.7 Å². The molecule has 0 bridgehead atoms. The Hall–Kier alpha value is -2.62. The molecule has 3 rings (SSSR count). The van der Waals surface area contributed by atoms with Gasteiger partial charge in [-0.1, -0.05) is 0 Å². The van der Waals surface area contributed by atoms with Gasteiger partial charge in [0, 0.05) is 29.4 Å². The maximum absolute atomic E-state index is 5.45. The van der Waals surface area contributed by atoms with Crippen molar-refractivity contribution in [2.75, 3.05) is 14.2 Å². The topological polar surface area (TPSA) is 44.2 Å². The van der Waals surface area contributed by atoms with E-state index in [2.05, 4.69) is 9.97 Å². The molecule has 0 N–H and O–H groups in total. The van der Waals surface area contributed by atoms with Crippen molar-refractivity contribution in [3.63, 3.8) is 0 Å². The van der Waals surface area contributed by atoms with Crippen LogP contribution < -0.4 is 9.47 Å². The molecule has 2 heterocycles. The molecule has 0 unspecified atom stereocenters. The van der Waals surface area contributed by atoms with Crippen LogP contribution in [0.3, 0.4) is 0 Å². The minimum Gasteiger partial charge on any atom is -0.497 e. The summed E-state index contributed by atoms with van der Waals surface area (Å²) in [4.78, 5) is 8.83. The Balaban J connectivity index is 2.25. The molecule has 0 atom stereocenters. The average molecular weight is 266 g/mol. The summed E-state index contributed by atoms with van der Waals surface area (Å²) >= 11 is 0. The van der Waals surface area contributed by atoms with Crippen molar-refractivity contribution in [3.05, 3.63) is 48.8 Å². The number of benzene rings is 1. The Morgan fingerprint density at radius 2 is 1.80 bits per heavy atom. The summed E-state index contributed by atoms with van der Waals surface area (Å²) < 4.78 is 10.7. The van der Waals surface area contributed by atoms with E-state index in [0.29, 0.717) is 0 Å². The molecule has 0 aliphatic rings. The molecule has 0 radical (unpaired) electrons. The van der Waals surface area contributed by atoms with Gasteiger partial charge in [0.15, 0.2) is 0 Å². The van der Waals surface area contributed by atoms with Gasteiger partial charge in [0.05, 0.1) is 25.4 Å². The fourth-order valence-corrected chi connectivity index (χ4v) is 2.21. The Morgan fingerprint density at radius 1 is 0.900 bits per heavy atom. The van der Waals surface area contributed by atoms with Crippen molar-refractivity contribution in [3.8, 4) is 22.8 Å². The first-order valence-electron chi connectivity index (χ1n) is 6.25. The molecule has 0 amide bonds. The first kappa shape index (κ1) is 12.4. The fraction of sp³-hybridized carbons (Fsp3) is 0.125. The van der Waals surface area contributed by atoms with Crippen LogP contribution in [0.5, 0.6) is 11.5 Å². The van der Waals surface area contributed by atoms with Crippen LogP contribution in [0.4, 0.5) is 0 Å². The standard InChI is InChI=1S/C16H14N2O2/c1-19-11-5-6-13(15(10-11)20-2)16-12-4-3-8-17-14(12)7-9-18-16/h3-10H,1-2H3. The molecule has 4 nitrogen and oxygen atoms in total. The molecule has 4 heteroatoms. The molecule has 0 fully saturated rings.